The molecule has 0 unspecified atom stereocenters. The van der Waals surface area contributed by atoms with Gasteiger partial charge in [-0.15, -0.1) is 0 Å². The van der Waals surface area contributed by atoms with Crippen LogP contribution in [0.3, 0.4) is 0 Å². The Kier molecular flexibility index (Phi) is 2.97. The standard InChI is InChI=1S/C19H12FN3O2/c20-19-8-13(5-6-21-19)12-1-3-15-16(7-12)23(10-22-15)14-2-4-17-18(9-14)25-11-24-17/h1-10H,11H2. The van der Waals surface area contributed by atoms with Crippen LogP contribution in [0.15, 0.2) is 61.1 Å². The van der Waals surface area contributed by atoms with Crippen molar-refractivity contribution in [3.05, 3.63) is 67.0 Å². The highest BCUT2D eigenvalue weighted by molar-refractivity contribution is 5.83. The van der Waals surface area contributed by atoms with Crippen LogP contribution in [0, 0.1) is 5.95 Å². The Morgan fingerprint density at radius 1 is 0.880 bits per heavy atom. The number of ether oxygens (including phenoxy) is 2. The predicted octanol–water partition coefficient (Wildman–Crippen LogP) is 3.96. The van der Waals surface area contributed by atoms with Gasteiger partial charge in [0.05, 0.1) is 16.7 Å². The van der Waals surface area contributed by atoms with Gasteiger partial charge in [0, 0.05) is 18.3 Å². The summed E-state index contributed by atoms with van der Waals surface area (Å²) in [5.41, 5.74) is 4.37. The maximum Gasteiger partial charge on any atom is 0.231 e. The second-order valence-corrected chi connectivity index (χ2v) is 5.72. The fourth-order valence-electron chi connectivity index (χ4n) is 3.01. The average molecular weight is 333 g/mol. The Labute approximate surface area is 142 Å². The number of fused-ring (bicyclic) bond motifs is 2. The number of imidazole rings is 1. The molecule has 0 aliphatic carbocycles. The van der Waals surface area contributed by atoms with Gasteiger partial charge in [-0.2, -0.15) is 4.39 Å². The molecule has 5 rings (SSSR count). The molecular weight excluding hydrogens is 321 g/mol. The molecule has 0 bridgehead atoms. The van der Waals surface area contributed by atoms with Crippen molar-refractivity contribution in [3.8, 4) is 28.3 Å². The van der Waals surface area contributed by atoms with Gasteiger partial charge in [0.2, 0.25) is 12.7 Å². The molecule has 0 fully saturated rings. The van der Waals surface area contributed by atoms with Crippen molar-refractivity contribution >= 4 is 11.0 Å². The Morgan fingerprint density at radius 3 is 2.68 bits per heavy atom. The molecule has 0 saturated heterocycles. The number of nitrogens with zero attached hydrogens (tertiary/aromatic N) is 3. The fourth-order valence-corrected chi connectivity index (χ4v) is 3.01. The minimum atomic E-state index is -0.498. The summed E-state index contributed by atoms with van der Waals surface area (Å²) in [6.45, 7) is 0.237. The van der Waals surface area contributed by atoms with E-state index in [-0.39, 0.29) is 6.79 Å². The Morgan fingerprint density at radius 2 is 1.76 bits per heavy atom. The highest BCUT2D eigenvalue weighted by atomic mass is 19.1. The molecule has 1 aliphatic rings. The molecular formula is C19H12FN3O2. The van der Waals surface area contributed by atoms with Gasteiger partial charge in [-0.05, 0) is 41.5 Å². The second-order valence-electron chi connectivity index (χ2n) is 5.72. The van der Waals surface area contributed by atoms with Gasteiger partial charge in [0.1, 0.15) is 6.33 Å². The molecule has 0 spiro atoms. The summed E-state index contributed by atoms with van der Waals surface area (Å²) in [6.07, 6.45) is 3.23. The van der Waals surface area contributed by atoms with Crippen molar-refractivity contribution in [1.29, 1.82) is 0 Å². The van der Waals surface area contributed by atoms with E-state index in [0.29, 0.717) is 5.75 Å². The Bertz CT molecular complexity index is 1110. The molecule has 2 aromatic heterocycles. The molecule has 4 aromatic rings. The van der Waals surface area contributed by atoms with E-state index >= 15 is 0 Å². The maximum absolute atomic E-state index is 13.4. The lowest BCUT2D eigenvalue weighted by molar-refractivity contribution is 0.174. The number of halogens is 1. The molecule has 0 saturated carbocycles. The van der Waals surface area contributed by atoms with Crippen LogP contribution < -0.4 is 9.47 Å². The van der Waals surface area contributed by atoms with E-state index in [0.717, 1.165) is 33.6 Å². The monoisotopic (exact) mass is 333 g/mol. The van der Waals surface area contributed by atoms with E-state index in [1.54, 1.807) is 12.4 Å². The summed E-state index contributed by atoms with van der Waals surface area (Å²) in [5.74, 6) is 0.953. The van der Waals surface area contributed by atoms with Crippen LogP contribution in [0.5, 0.6) is 11.5 Å². The van der Waals surface area contributed by atoms with E-state index in [2.05, 4.69) is 9.97 Å². The van der Waals surface area contributed by atoms with E-state index in [4.69, 9.17) is 9.47 Å². The smallest absolute Gasteiger partial charge is 0.231 e. The largest absolute Gasteiger partial charge is 0.454 e. The SMILES string of the molecule is Fc1cc(-c2ccc3ncn(-c4ccc5c(c4)OCO5)c3c2)ccn1. The molecule has 0 amide bonds. The first-order chi connectivity index (χ1) is 12.3. The minimum Gasteiger partial charge on any atom is -0.454 e. The fraction of sp³-hybridized carbons (Fsp3) is 0.0526. The summed E-state index contributed by atoms with van der Waals surface area (Å²) in [5, 5.41) is 0. The number of hydrogen-bond donors (Lipinski definition) is 0. The average Bonchev–Trinajstić information content (AvgIpc) is 3.27. The topological polar surface area (TPSA) is 49.2 Å². The normalized spacial score (nSPS) is 12.7. The first kappa shape index (κ1) is 14.0. The molecule has 3 heterocycles. The summed E-state index contributed by atoms with van der Waals surface area (Å²) < 4.78 is 26.2. The molecule has 1 aliphatic heterocycles. The molecule has 6 heteroatoms. The van der Waals surface area contributed by atoms with Gasteiger partial charge < -0.3 is 9.47 Å². The van der Waals surface area contributed by atoms with Crippen molar-refractivity contribution in [2.24, 2.45) is 0 Å². The molecule has 0 N–H and O–H groups in total. The van der Waals surface area contributed by atoms with Crippen LogP contribution in [0.25, 0.3) is 27.8 Å². The van der Waals surface area contributed by atoms with E-state index in [1.807, 2.05) is 41.0 Å². The molecule has 25 heavy (non-hydrogen) atoms. The zero-order valence-electron chi connectivity index (χ0n) is 13.0. The lowest BCUT2D eigenvalue weighted by atomic mass is 10.1. The van der Waals surface area contributed by atoms with Crippen molar-refractivity contribution < 1.29 is 13.9 Å². The van der Waals surface area contributed by atoms with Gasteiger partial charge >= 0.3 is 0 Å². The van der Waals surface area contributed by atoms with Gasteiger partial charge in [-0.1, -0.05) is 6.07 Å². The number of aromatic nitrogens is 3. The number of rotatable bonds is 2. The summed E-state index contributed by atoms with van der Waals surface area (Å²) in [7, 11) is 0. The lowest BCUT2D eigenvalue weighted by Gasteiger charge is -2.07. The van der Waals surface area contributed by atoms with Gasteiger partial charge in [-0.3, -0.25) is 4.57 Å². The van der Waals surface area contributed by atoms with E-state index < -0.39 is 5.95 Å². The van der Waals surface area contributed by atoms with Gasteiger partial charge in [-0.25, -0.2) is 9.97 Å². The third kappa shape index (κ3) is 2.30. The molecule has 122 valence electrons. The van der Waals surface area contributed by atoms with Crippen LogP contribution in [-0.4, -0.2) is 21.3 Å². The third-order valence-electron chi connectivity index (χ3n) is 4.24. The molecule has 0 radical (unpaired) electrons. The molecule has 5 nitrogen and oxygen atoms in total. The first-order valence-electron chi connectivity index (χ1n) is 7.77. The Balaban J connectivity index is 1.66. The van der Waals surface area contributed by atoms with Crippen LogP contribution in [-0.2, 0) is 0 Å². The second kappa shape index (κ2) is 5.31. The van der Waals surface area contributed by atoms with Crippen LogP contribution in [0.4, 0.5) is 4.39 Å². The van der Waals surface area contributed by atoms with Crippen LogP contribution >= 0.6 is 0 Å². The Hall–Kier alpha value is -3.41. The number of benzene rings is 2. The van der Waals surface area contributed by atoms with Crippen LogP contribution in [0.2, 0.25) is 0 Å². The number of pyridine rings is 1. The van der Waals surface area contributed by atoms with Crippen molar-refractivity contribution in [2.45, 2.75) is 0 Å². The summed E-state index contributed by atoms with van der Waals surface area (Å²) in [6, 6.07) is 14.8. The summed E-state index contributed by atoms with van der Waals surface area (Å²) >= 11 is 0. The zero-order valence-corrected chi connectivity index (χ0v) is 13.0. The van der Waals surface area contributed by atoms with E-state index in [9.17, 15) is 4.39 Å². The van der Waals surface area contributed by atoms with Gasteiger partial charge in [0.25, 0.3) is 0 Å². The summed E-state index contributed by atoms with van der Waals surface area (Å²) in [4.78, 5) is 8.05. The molecule has 2 aromatic carbocycles. The first-order valence-corrected chi connectivity index (χ1v) is 7.77. The quantitative estimate of drug-likeness (QED) is 0.521. The zero-order chi connectivity index (χ0) is 16.8. The minimum absolute atomic E-state index is 0.237. The van der Waals surface area contributed by atoms with E-state index in [1.165, 1.54) is 12.3 Å². The van der Waals surface area contributed by atoms with Gasteiger partial charge in [0.15, 0.2) is 11.5 Å². The maximum atomic E-state index is 13.4. The molecule has 0 atom stereocenters. The van der Waals surface area contributed by atoms with Crippen molar-refractivity contribution in [3.63, 3.8) is 0 Å². The predicted molar refractivity (Wildman–Crippen MR) is 90.4 cm³/mol. The highest BCUT2D eigenvalue weighted by Gasteiger charge is 2.15. The number of hydrogen-bond acceptors (Lipinski definition) is 4. The highest BCUT2D eigenvalue weighted by Crippen LogP contribution is 2.34. The van der Waals surface area contributed by atoms with Crippen molar-refractivity contribution in [2.75, 3.05) is 6.79 Å². The van der Waals surface area contributed by atoms with Crippen LogP contribution in [0.1, 0.15) is 0 Å². The third-order valence-corrected chi connectivity index (χ3v) is 4.24. The lowest BCUT2D eigenvalue weighted by Crippen LogP contribution is -1.93. The van der Waals surface area contributed by atoms with Crippen molar-refractivity contribution in [1.82, 2.24) is 14.5 Å².